The monoisotopic (exact) mass is 224 g/mol. The highest BCUT2D eigenvalue weighted by Gasteiger charge is 2.40. The summed E-state index contributed by atoms with van der Waals surface area (Å²) in [5.74, 6) is 1.87. The van der Waals surface area contributed by atoms with Crippen molar-refractivity contribution < 1.29 is 4.79 Å². The van der Waals surface area contributed by atoms with Crippen molar-refractivity contribution >= 4 is 5.91 Å². The maximum Gasteiger partial charge on any atom is 0.224 e. The third kappa shape index (κ3) is 2.40. The lowest BCUT2D eigenvalue weighted by Gasteiger charge is -2.25. The summed E-state index contributed by atoms with van der Waals surface area (Å²) in [7, 11) is 0. The van der Waals surface area contributed by atoms with E-state index in [0.29, 0.717) is 12.6 Å². The molecule has 0 radical (unpaired) electrons. The number of hydrogen-bond donors (Lipinski definition) is 2. The third-order valence-electron chi connectivity index (χ3n) is 4.36. The van der Waals surface area contributed by atoms with Gasteiger partial charge in [0.2, 0.25) is 5.91 Å². The molecular weight excluding hydrogens is 200 g/mol. The van der Waals surface area contributed by atoms with Crippen LogP contribution < -0.4 is 11.1 Å². The van der Waals surface area contributed by atoms with E-state index >= 15 is 0 Å². The Kier molecular flexibility index (Phi) is 3.85. The van der Waals surface area contributed by atoms with E-state index in [1.165, 1.54) is 25.7 Å². The maximum absolute atomic E-state index is 12.0. The van der Waals surface area contributed by atoms with Crippen molar-refractivity contribution in [3.8, 4) is 0 Å². The number of hydrogen-bond acceptors (Lipinski definition) is 2. The first-order valence-electron chi connectivity index (χ1n) is 6.75. The summed E-state index contributed by atoms with van der Waals surface area (Å²) < 4.78 is 0. The summed E-state index contributed by atoms with van der Waals surface area (Å²) in [6, 6.07) is 0.456. The van der Waals surface area contributed by atoms with Crippen LogP contribution in [0.4, 0.5) is 0 Å². The molecule has 0 aromatic rings. The Morgan fingerprint density at radius 1 is 1.44 bits per heavy atom. The molecule has 4 atom stereocenters. The molecule has 1 amide bonds. The normalized spacial score (nSPS) is 34.0. The first-order chi connectivity index (χ1) is 7.74. The summed E-state index contributed by atoms with van der Waals surface area (Å²) in [6.07, 6.45) is 7.20. The van der Waals surface area contributed by atoms with E-state index in [0.717, 1.165) is 24.7 Å². The Labute approximate surface area is 98.2 Å². The Morgan fingerprint density at radius 3 is 2.75 bits per heavy atom. The molecule has 0 saturated heterocycles. The Morgan fingerprint density at radius 2 is 2.25 bits per heavy atom. The van der Waals surface area contributed by atoms with Gasteiger partial charge in [-0.3, -0.25) is 4.79 Å². The van der Waals surface area contributed by atoms with Crippen molar-refractivity contribution in [1.29, 1.82) is 0 Å². The minimum absolute atomic E-state index is 0.0316. The predicted octanol–water partition coefficient (Wildman–Crippen LogP) is 1.67. The number of carbonyl (C=O) groups excluding carboxylic acids is 1. The smallest absolute Gasteiger partial charge is 0.224 e. The van der Waals surface area contributed by atoms with Gasteiger partial charge >= 0.3 is 0 Å². The third-order valence-corrected chi connectivity index (χ3v) is 4.36. The first-order valence-corrected chi connectivity index (χ1v) is 6.75. The van der Waals surface area contributed by atoms with Gasteiger partial charge in [-0.1, -0.05) is 19.8 Å². The quantitative estimate of drug-likeness (QED) is 0.746. The zero-order valence-electron chi connectivity index (χ0n) is 10.2. The van der Waals surface area contributed by atoms with Gasteiger partial charge in [0.15, 0.2) is 0 Å². The van der Waals surface area contributed by atoms with E-state index in [1.807, 2.05) is 0 Å². The molecule has 0 spiro atoms. The van der Waals surface area contributed by atoms with Crippen LogP contribution in [0.25, 0.3) is 0 Å². The largest absolute Gasteiger partial charge is 0.353 e. The first kappa shape index (κ1) is 11.9. The van der Waals surface area contributed by atoms with E-state index in [1.54, 1.807) is 0 Å². The van der Waals surface area contributed by atoms with Crippen LogP contribution in [-0.2, 0) is 4.79 Å². The zero-order chi connectivity index (χ0) is 11.5. The fraction of sp³-hybridized carbons (Fsp3) is 0.923. The zero-order valence-corrected chi connectivity index (χ0v) is 10.2. The topological polar surface area (TPSA) is 55.1 Å². The van der Waals surface area contributed by atoms with Crippen molar-refractivity contribution in [2.45, 2.75) is 51.5 Å². The highest BCUT2D eigenvalue weighted by molar-refractivity contribution is 5.79. The van der Waals surface area contributed by atoms with Gasteiger partial charge in [-0.05, 0) is 37.5 Å². The molecule has 0 aromatic carbocycles. The van der Waals surface area contributed by atoms with Gasteiger partial charge < -0.3 is 11.1 Å². The van der Waals surface area contributed by atoms with Gasteiger partial charge in [0.05, 0.1) is 5.92 Å². The summed E-state index contributed by atoms with van der Waals surface area (Å²) in [5, 5.41) is 3.23. The number of carbonyl (C=O) groups is 1. The molecule has 2 fully saturated rings. The van der Waals surface area contributed by atoms with Crippen LogP contribution in [0, 0.1) is 17.8 Å². The summed E-state index contributed by atoms with van der Waals surface area (Å²) in [6.45, 7) is 2.59. The molecule has 0 heterocycles. The molecule has 3 nitrogen and oxygen atoms in total. The van der Waals surface area contributed by atoms with E-state index < -0.39 is 0 Å². The molecule has 2 saturated carbocycles. The van der Waals surface area contributed by atoms with Crippen molar-refractivity contribution in [3.05, 3.63) is 0 Å². The fourth-order valence-electron chi connectivity index (χ4n) is 3.43. The van der Waals surface area contributed by atoms with Gasteiger partial charge in [-0.25, -0.2) is 0 Å². The van der Waals surface area contributed by atoms with Crippen LogP contribution in [0.1, 0.15) is 45.4 Å². The highest BCUT2D eigenvalue weighted by Crippen LogP contribution is 2.44. The molecule has 3 N–H and O–H groups in total. The SMILES string of the molecule is CCCC(CN)C(=O)NC1CC2CCC1C2. The molecule has 0 aromatic heterocycles. The molecular formula is C13H24N2O. The van der Waals surface area contributed by atoms with Crippen molar-refractivity contribution in [2.24, 2.45) is 23.5 Å². The summed E-state index contributed by atoms with van der Waals surface area (Å²) in [5.41, 5.74) is 5.65. The molecule has 0 aliphatic heterocycles. The van der Waals surface area contributed by atoms with Crippen LogP contribution in [0.15, 0.2) is 0 Å². The van der Waals surface area contributed by atoms with Gasteiger partial charge in [0, 0.05) is 12.6 Å². The molecule has 92 valence electrons. The maximum atomic E-state index is 12.0. The molecule has 2 aliphatic carbocycles. The molecule has 2 rings (SSSR count). The van der Waals surface area contributed by atoms with Crippen LogP contribution in [0.2, 0.25) is 0 Å². The number of nitrogens with one attached hydrogen (secondary N) is 1. The number of nitrogens with two attached hydrogens (primary N) is 1. The second-order valence-electron chi connectivity index (χ2n) is 5.51. The van der Waals surface area contributed by atoms with E-state index in [2.05, 4.69) is 12.2 Å². The van der Waals surface area contributed by atoms with Crippen molar-refractivity contribution in [1.82, 2.24) is 5.32 Å². The minimum Gasteiger partial charge on any atom is -0.353 e. The average molecular weight is 224 g/mol. The van der Waals surface area contributed by atoms with Crippen LogP contribution in [-0.4, -0.2) is 18.5 Å². The predicted molar refractivity (Wildman–Crippen MR) is 64.8 cm³/mol. The Balaban J connectivity index is 1.82. The van der Waals surface area contributed by atoms with Gasteiger partial charge in [-0.2, -0.15) is 0 Å². The van der Waals surface area contributed by atoms with Crippen LogP contribution in [0.5, 0.6) is 0 Å². The number of rotatable bonds is 5. The van der Waals surface area contributed by atoms with Crippen LogP contribution in [0.3, 0.4) is 0 Å². The molecule has 3 heteroatoms. The van der Waals surface area contributed by atoms with E-state index in [9.17, 15) is 4.79 Å². The van der Waals surface area contributed by atoms with Gasteiger partial charge in [0.1, 0.15) is 0 Å². The van der Waals surface area contributed by atoms with Gasteiger partial charge in [-0.15, -0.1) is 0 Å². The molecule has 4 unspecified atom stereocenters. The average Bonchev–Trinajstić information content (AvgIpc) is 2.87. The van der Waals surface area contributed by atoms with Crippen LogP contribution >= 0.6 is 0 Å². The molecule has 2 bridgehead atoms. The lowest BCUT2D eigenvalue weighted by atomic mass is 9.94. The number of amides is 1. The highest BCUT2D eigenvalue weighted by atomic mass is 16.2. The fourth-order valence-corrected chi connectivity index (χ4v) is 3.43. The van der Waals surface area contributed by atoms with Crippen molar-refractivity contribution in [2.75, 3.05) is 6.54 Å². The summed E-state index contributed by atoms with van der Waals surface area (Å²) in [4.78, 5) is 12.0. The molecule has 16 heavy (non-hydrogen) atoms. The Hall–Kier alpha value is -0.570. The minimum atomic E-state index is 0.0316. The van der Waals surface area contributed by atoms with Gasteiger partial charge in [0.25, 0.3) is 0 Å². The molecule has 2 aliphatic rings. The second-order valence-corrected chi connectivity index (χ2v) is 5.51. The Bertz CT molecular complexity index is 254. The summed E-state index contributed by atoms with van der Waals surface area (Å²) >= 11 is 0. The van der Waals surface area contributed by atoms with Crippen molar-refractivity contribution in [3.63, 3.8) is 0 Å². The lowest BCUT2D eigenvalue weighted by Crippen LogP contribution is -2.43. The van der Waals surface area contributed by atoms with E-state index in [4.69, 9.17) is 5.73 Å². The standard InChI is InChI=1S/C13H24N2O/c1-2-3-11(8-14)13(16)15-12-7-9-4-5-10(12)6-9/h9-12H,2-8,14H2,1H3,(H,15,16). The number of fused-ring (bicyclic) bond motifs is 2. The van der Waals surface area contributed by atoms with E-state index in [-0.39, 0.29) is 11.8 Å². The second kappa shape index (κ2) is 5.17. The lowest BCUT2D eigenvalue weighted by molar-refractivity contribution is -0.126.